The Morgan fingerprint density at radius 2 is 2.30 bits per heavy atom. The number of nitrogens with one attached hydrogen (secondary N) is 2. The predicted octanol–water partition coefficient (Wildman–Crippen LogP) is 1.73. The van der Waals surface area contributed by atoms with Gasteiger partial charge in [-0.05, 0) is 31.5 Å². The number of amides is 2. The maximum Gasteiger partial charge on any atom is 0.256 e. The van der Waals surface area contributed by atoms with Crippen LogP contribution in [-0.4, -0.2) is 34.4 Å². The minimum atomic E-state index is -0.516. The maximum atomic E-state index is 12.7. The molecule has 2 amide bonds. The lowest BCUT2D eigenvalue weighted by atomic mass is 10.1. The van der Waals surface area contributed by atoms with Crippen molar-refractivity contribution in [2.45, 2.75) is 26.0 Å². The summed E-state index contributed by atoms with van der Waals surface area (Å²) in [7, 11) is 0. The number of nitrogens with zero attached hydrogens (tertiary/aromatic N) is 2. The summed E-state index contributed by atoms with van der Waals surface area (Å²) in [6, 6.07) is 4.77. The Labute approximate surface area is 154 Å². The van der Waals surface area contributed by atoms with Crippen LogP contribution in [0.15, 0.2) is 41.2 Å². The predicted molar refractivity (Wildman–Crippen MR) is 96.2 cm³/mol. The molecule has 3 aromatic rings. The van der Waals surface area contributed by atoms with Crippen molar-refractivity contribution in [2.24, 2.45) is 0 Å². The number of carbonyl (C=O) groups is 2. The summed E-state index contributed by atoms with van der Waals surface area (Å²) in [6.07, 6.45) is 5.40. The van der Waals surface area contributed by atoms with Gasteiger partial charge in [0, 0.05) is 24.3 Å². The average molecular weight is 366 g/mol. The first-order chi connectivity index (χ1) is 13.1. The molecule has 8 nitrogen and oxygen atoms in total. The zero-order chi connectivity index (χ0) is 18.8. The number of carbonyl (C=O) groups excluding carboxylic acids is 2. The van der Waals surface area contributed by atoms with Crippen LogP contribution in [0.1, 0.15) is 28.2 Å². The molecule has 1 atom stereocenters. The van der Waals surface area contributed by atoms with Crippen molar-refractivity contribution >= 4 is 22.8 Å². The molecule has 1 aromatic carbocycles. The molecule has 0 spiro atoms. The topological polar surface area (TPSA) is 106 Å². The lowest BCUT2D eigenvalue weighted by molar-refractivity contribution is -0.120. The molecule has 1 aliphatic heterocycles. The average Bonchev–Trinajstić information content (AvgIpc) is 3.22. The quantitative estimate of drug-likeness (QED) is 0.712. The van der Waals surface area contributed by atoms with Crippen LogP contribution in [0.5, 0.6) is 5.75 Å². The van der Waals surface area contributed by atoms with Gasteiger partial charge < -0.3 is 19.8 Å². The third-order valence-corrected chi connectivity index (χ3v) is 4.42. The minimum Gasteiger partial charge on any atom is -0.487 e. The van der Waals surface area contributed by atoms with E-state index in [1.165, 1.54) is 0 Å². The second kappa shape index (κ2) is 7.06. The van der Waals surface area contributed by atoms with Crippen LogP contribution < -0.4 is 15.4 Å². The summed E-state index contributed by atoms with van der Waals surface area (Å²) in [4.78, 5) is 32.6. The summed E-state index contributed by atoms with van der Waals surface area (Å²) in [5.41, 5.74) is 1.70. The van der Waals surface area contributed by atoms with Crippen LogP contribution in [0.3, 0.4) is 0 Å². The van der Waals surface area contributed by atoms with E-state index >= 15 is 0 Å². The van der Waals surface area contributed by atoms with Gasteiger partial charge in [0.25, 0.3) is 5.91 Å². The Bertz CT molecular complexity index is 1000. The van der Waals surface area contributed by atoms with Crippen molar-refractivity contribution in [1.29, 1.82) is 0 Å². The fourth-order valence-electron chi connectivity index (χ4n) is 3.09. The first kappa shape index (κ1) is 17.0. The highest BCUT2D eigenvalue weighted by Crippen LogP contribution is 2.29. The Morgan fingerprint density at radius 3 is 3.04 bits per heavy atom. The molecule has 8 heteroatoms. The minimum absolute atomic E-state index is 0.165. The van der Waals surface area contributed by atoms with E-state index in [2.05, 4.69) is 20.6 Å². The summed E-state index contributed by atoms with van der Waals surface area (Å²) in [5.74, 6) is 0.578. The Kier molecular flexibility index (Phi) is 4.45. The maximum absolute atomic E-state index is 12.7. The van der Waals surface area contributed by atoms with Gasteiger partial charge in [-0.15, -0.1) is 0 Å². The molecule has 0 radical (unpaired) electrons. The normalized spacial score (nSPS) is 16.3. The van der Waals surface area contributed by atoms with Crippen molar-refractivity contribution in [3.05, 3.63) is 53.8 Å². The van der Waals surface area contributed by atoms with Crippen molar-refractivity contribution < 1.29 is 18.7 Å². The third-order valence-electron chi connectivity index (χ3n) is 4.42. The van der Waals surface area contributed by atoms with Gasteiger partial charge in [0.2, 0.25) is 5.91 Å². The number of furan rings is 1. The number of rotatable bonds is 5. The molecule has 138 valence electrons. The van der Waals surface area contributed by atoms with Crippen molar-refractivity contribution in [3.8, 4) is 5.75 Å². The second-order valence-electron chi connectivity index (χ2n) is 6.28. The summed E-state index contributed by atoms with van der Waals surface area (Å²) in [5, 5.41) is 6.12. The van der Waals surface area contributed by atoms with Crippen molar-refractivity contribution in [2.75, 3.05) is 6.54 Å². The van der Waals surface area contributed by atoms with Crippen LogP contribution in [-0.2, 0) is 11.4 Å². The third kappa shape index (κ3) is 3.46. The molecule has 2 aromatic heterocycles. The molecule has 1 unspecified atom stereocenters. The fourth-order valence-corrected chi connectivity index (χ4v) is 3.09. The van der Waals surface area contributed by atoms with Crippen LogP contribution in [0.25, 0.3) is 11.0 Å². The second-order valence-corrected chi connectivity index (χ2v) is 6.28. The van der Waals surface area contributed by atoms with Crippen LogP contribution in [0.2, 0.25) is 0 Å². The van der Waals surface area contributed by atoms with Crippen LogP contribution in [0, 0.1) is 6.92 Å². The van der Waals surface area contributed by atoms with E-state index in [1.54, 1.807) is 43.7 Å². The number of aromatic nitrogens is 2. The molecule has 4 rings (SSSR count). The van der Waals surface area contributed by atoms with Crippen LogP contribution in [0.4, 0.5) is 0 Å². The Balaban J connectivity index is 1.57. The molecule has 27 heavy (non-hydrogen) atoms. The fraction of sp³-hybridized carbons (Fsp3) is 0.263. The number of hydrogen-bond donors (Lipinski definition) is 2. The van der Waals surface area contributed by atoms with E-state index in [4.69, 9.17) is 9.15 Å². The molecule has 1 fully saturated rings. The first-order valence-corrected chi connectivity index (χ1v) is 8.61. The zero-order valence-corrected chi connectivity index (χ0v) is 14.7. The van der Waals surface area contributed by atoms with Gasteiger partial charge in [-0.25, -0.2) is 0 Å². The first-order valence-electron chi connectivity index (χ1n) is 8.61. The van der Waals surface area contributed by atoms with E-state index in [0.717, 1.165) is 0 Å². The van der Waals surface area contributed by atoms with Gasteiger partial charge >= 0.3 is 0 Å². The largest absolute Gasteiger partial charge is 0.487 e. The lowest BCUT2D eigenvalue weighted by Crippen LogP contribution is -2.40. The SMILES string of the molecule is Cc1oc2ccc(OCc3cnccn3)cc2c1C(=O)NC1CCNC1=O. The molecular weight excluding hydrogens is 348 g/mol. The van der Waals surface area contributed by atoms with Gasteiger partial charge in [-0.1, -0.05) is 0 Å². The highest BCUT2D eigenvalue weighted by molar-refractivity contribution is 6.08. The summed E-state index contributed by atoms with van der Waals surface area (Å²) >= 11 is 0. The molecule has 3 heterocycles. The van der Waals surface area contributed by atoms with E-state index in [-0.39, 0.29) is 18.4 Å². The smallest absolute Gasteiger partial charge is 0.256 e. The van der Waals surface area contributed by atoms with Gasteiger partial charge in [0.15, 0.2) is 0 Å². The monoisotopic (exact) mass is 366 g/mol. The molecular formula is C19H18N4O4. The zero-order valence-electron chi connectivity index (χ0n) is 14.7. The molecule has 0 aliphatic carbocycles. The molecule has 0 bridgehead atoms. The van der Waals surface area contributed by atoms with Crippen molar-refractivity contribution in [1.82, 2.24) is 20.6 Å². The van der Waals surface area contributed by atoms with Gasteiger partial charge in [-0.2, -0.15) is 0 Å². The number of hydrogen-bond acceptors (Lipinski definition) is 6. The standard InChI is InChI=1S/C19H18N4O4/c1-11-17(19(25)23-15-4-5-22-18(15)24)14-8-13(2-3-16(14)27-11)26-10-12-9-20-6-7-21-12/h2-3,6-9,15H,4-5,10H2,1H3,(H,22,24)(H,23,25). The summed E-state index contributed by atoms with van der Waals surface area (Å²) < 4.78 is 11.4. The molecule has 2 N–H and O–H groups in total. The van der Waals surface area contributed by atoms with E-state index in [1.807, 2.05) is 0 Å². The number of ether oxygens (including phenoxy) is 1. The number of benzene rings is 1. The Morgan fingerprint density at radius 1 is 1.41 bits per heavy atom. The highest BCUT2D eigenvalue weighted by Gasteiger charge is 2.28. The molecule has 1 aliphatic rings. The lowest BCUT2D eigenvalue weighted by Gasteiger charge is -2.10. The van der Waals surface area contributed by atoms with Crippen molar-refractivity contribution in [3.63, 3.8) is 0 Å². The van der Waals surface area contributed by atoms with E-state index in [0.29, 0.717) is 46.7 Å². The Hall–Kier alpha value is -3.42. The highest BCUT2D eigenvalue weighted by atomic mass is 16.5. The van der Waals surface area contributed by atoms with Crippen LogP contribution >= 0.6 is 0 Å². The summed E-state index contributed by atoms with van der Waals surface area (Å²) in [6.45, 7) is 2.55. The number of aryl methyl sites for hydroxylation is 1. The van der Waals surface area contributed by atoms with E-state index in [9.17, 15) is 9.59 Å². The number of fused-ring (bicyclic) bond motifs is 1. The van der Waals surface area contributed by atoms with Gasteiger partial charge in [0.05, 0.1) is 17.5 Å². The molecule has 1 saturated heterocycles. The van der Waals surface area contributed by atoms with Gasteiger partial charge in [-0.3, -0.25) is 19.6 Å². The molecule has 0 saturated carbocycles. The van der Waals surface area contributed by atoms with E-state index < -0.39 is 6.04 Å². The van der Waals surface area contributed by atoms with Gasteiger partial charge in [0.1, 0.15) is 29.7 Å².